The van der Waals surface area contributed by atoms with Crippen molar-refractivity contribution in [1.82, 2.24) is 4.98 Å². The van der Waals surface area contributed by atoms with Gasteiger partial charge in [-0.15, -0.1) is 0 Å². The third-order valence-corrected chi connectivity index (χ3v) is 3.78. The molecule has 0 atom stereocenters. The first kappa shape index (κ1) is 15.2. The number of fused-ring (bicyclic) bond motifs is 1. The Bertz CT molecular complexity index is 888. The van der Waals surface area contributed by atoms with Gasteiger partial charge >= 0.3 is 0 Å². The molecule has 0 radical (unpaired) electrons. The van der Waals surface area contributed by atoms with E-state index in [-0.39, 0.29) is 12.5 Å². The minimum Gasteiger partial charge on any atom is -0.392 e. The number of nitrogens with zero attached hydrogens (tertiary/aromatic N) is 1. The van der Waals surface area contributed by atoms with Crippen molar-refractivity contribution in [1.29, 1.82) is 0 Å². The van der Waals surface area contributed by atoms with Gasteiger partial charge in [0.2, 0.25) is 0 Å². The first-order chi connectivity index (χ1) is 11.1. The monoisotopic (exact) mass is 306 g/mol. The molecular formula is C19H18N2O2. The van der Waals surface area contributed by atoms with E-state index in [1.165, 1.54) is 0 Å². The molecule has 2 aromatic carbocycles. The van der Waals surface area contributed by atoms with Crippen molar-refractivity contribution in [3.05, 3.63) is 70.9 Å². The van der Waals surface area contributed by atoms with Crippen molar-refractivity contribution in [2.24, 2.45) is 0 Å². The number of rotatable bonds is 3. The van der Waals surface area contributed by atoms with Gasteiger partial charge in [-0.25, -0.2) is 0 Å². The highest BCUT2D eigenvalue weighted by molar-refractivity contribution is 6.06. The number of carbonyl (C=O) groups excluding carboxylic acids is 1. The van der Waals surface area contributed by atoms with Crippen molar-refractivity contribution < 1.29 is 9.90 Å². The number of aliphatic hydroxyl groups excluding tert-OH is 1. The molecule has 1 amide bonds. The summed E-state index contributed by atoms with van der Waals surface area (Å²) in [6.45, 7) is 3.80. The zero-order chi connectivity index (χ0) is 16.4. The van der Waals surface area contributed by atoms with Crippen molar-refractivity contribution >= 4 is 22.5 Å². The third kappa shape index (κ3) is 3.22. The van der Waals surface area contributed by atoms with Gasteiger partial charge in [-0.1, -0.05) is 24.3 Å². The van der Waals surface area contributed by atoms with Crippen LogP contribution in [0.2, 0.25) is 0 Å². The number of anilines is 1. The number of hydrogen-bond donors (Lipinski definition) is 2. The van der Waals surface area contributed by atoms with Crippen LogP contribution in [-0.2, 0) is 6.61 Å². The van der Waals surface area contributed by atoms with Gasteiger partial charge in [0, 0.05) is 11.1 Å². The van der Waals surface area contributed by atoms with E-state index in [9.17, 15) is 9.90 Å². The van der Waals surface area contributed by atoms with E-state index in [4.69, 9.17) is 0 Å². The average molecular weight is 306 g/mol. The second kappa shape index (κ2) is 6.18. The van der Waals surface area contributed by atoms with E-state index in [0.717, 1.165) is 22.0 Å². The Hall–Kier alpha value is -2.72. The quantitative estimate of drug-likeness (QED) is 0.777. The molecule has 4 heteroatoms. The average Bonchev–Trinajstić information content (AvgIpc) is 2.54. The Morgan fingerprint density at radius 1 is 1.13 bits per heavy atom. The summed E-state index contributed by atoms with van der Waals surface area (Å²) in [4.78, 5) is 17.1. The van der Waals surface area contributed by atoms with E-state index in [2.05, 4.69) is 10.3 Å². The second-order valence-electron chi connectivity index (χ2n) is 5.63. The van der Waals surface area contributed by atoms with Crippen molar-refractivity contribution in [3.8, 4) is 0 Å². The van der Waals surface area contributed by atoms with Crippen molar-refractivity contribution in [2.45, 2.75) is 20.5 Å². The molecule has 1 aromatic heterocycles. The predicted molar refractivity (Wildman–Crippen MR) is 91.5 cm³/mol. The van der Waals surface area contributed by atoms with Crippen LogP contribution in [0.1, 0.15) is 27.2 Å². The Balaban J connectivity index is 1.93. The molecule has 0 aliphatic heterocycles. The summed E-state index contributed by atoms with van der Waals surface area (Å²) in [6, 6.07) is 15.0. The number of pyridine rings is 1. The maximum absolute atomic E-state index is 12.5. The maximum atomic E-state index is 12.5. The smallest absolute Gasteiger partial charge is 0.257 e. The molecule has 23 heavy (non-hydrogen) atoms. The molecule has 0 bridgehead atoms. The molecule has 0 spiro atoms. The molecule has 3 aromatic rings. The standard InChI is InChI=1S/C19H18N2O2/c1-12-6-7-15-10-17(13(2)20-18(15)8-12)19(23)21-16-5-3-4-14(9-16)11-22/h3-10,22H,11H2,1-2H3,(H,21,23). The van der Waals surface area contributed by atoms with Crippen LogP contribution in [0.4, 0.5) is 5.69 Å². The molecule has 0 saturated heterocycles. The van der Waals surface area contributed by atoms with Crippen LogP contribution >= 0.6 is 0 Å². The normalized spacial score (nSPS) is 10.7. The van der Waals surface area contributed by atoms with Gasteiger partial charge in [-0.05, 0) is 49.2 Å². The van der Waals surface area contributed by atoms with Gasteiger partial charge in [0.25, 0.3) is 5.91 Å². The van der Waals surface area contributed by atoms with Gasteiger partial charge in [-0.2, -0.15) is 0 Å². The summed E-state index contributed by atoms with van der Waals surface area (Å²) in [5, 5.41) is 13.0. The van der Waals surface area contributed by atoms with Crippen molar-refractivity contribution in [2.75, 3.05) is 5.32 Å². The van der Waals surface area contributed by atoms with E-state index in [1.54, 1.807) is 24.3 Å². The first-order valence-corrected chi connectivity index (χ1v) is 7.46. The molecule has 4 nitrogen and oxygen atoms in total. The van der Waals surface area contributed by atoms with E-state index < -0.39 is 0 Å². The van der Waals surface area contributed by atoms with Gasteiger partial charge in [0.1, 0.15) is 0 Å². The molecule has 2 N–H and O–H groups in total. The van der Waals surface area contributed by atoms with E-state index in [0.29, 0.717) is 16.9 Å². The fourth-order valence-corrected chi connectivity index (χ4v) is 2.55. The number of hydrogen-bond acceptors (Lipinski definition) is 3. The van der Waals surface area contributed by atoms with Crippen LogP contribution < -0.4 is 5.32 Å². The van der Waals surface area contributed by atoms with Crippen LogP contribution in [0.3, 0.4) is 0 Å². The lowest BCUT2D eigenvalue weighted by molar-refractivity contribution is 0.102. The summed E-state index contributed by atoms with van der Waals surface area (Å²) < 4.78 is 0. The lowest BCUT2D eigenvalue weighted by atomic mass is 10.1. The number of nitrogens with one attached hydrogen (secondary N) is 1. The van der Waals surface area contributed by atoms with Crippen LogP contribution in [0.5, 0.6) is 0 Å². The lowest BCUT2D eigenvalue weighted by Gasteiger charge is -2.10. The zero-order valence-corrected chi connectivity index (χ0v) is 13.1. The minimum atomic E-state index is -0.201. The largest absolute Gasteiger partial charge is 0.392 e. The Morgan fingerprint density at radius 2 is 1.96 bits per heavy atom. The third-order valence-electron chi connectivity index (χ3n) is 3.78. The number of aryl methyl sites for hydroxylation is 2. The summed E-state index contributed by atoms with van der Waals surface area (Å²) in [6.07, 6.45) is 0. The fourth-order valence-electron chi connectivity index (χ4n) is 2.55. The molecule has 1 heterocycles. The van der Waals surface area contributed by atoms with Gasteiger partial charge in [0.15, 0.2) is 0 Å². The minimum absolute atomic E-state index is 0.0559. The highest BCUT2D eigenvalue weighted by Gasteiger charge is 2.12. The van der Waals surface area contributed by atoms with E-state index >= 15 is 0 Å². The molecule has 0 aliphatic rings. The number of amides is 1. The van der Waals surface area contributed by atoms with Crippen molar-refractivity contribution in [3.63, 3.8) is 0 Å². The number of benzene rings is 2. The molecule has 0 fully saturated rings. The van der Waals surface area contributed by atoms with Gasteiger partial charge in [0.05, 0.1) is 23.4 Å². The van der Waals surface area contributed by atoms with E-state index in [1.807, 2.05) is 38.1 Å². The summed E-state index contributed by atoms with van der Waals surface area (Å²) in [5.74, 6) is -0.201. The van der Waals surface area contributed by atoms with Gasteiger partial charge in [-0.3, -0.25) is 9.78 Å². The van der Waals surface area contributed by atoms with Crippen LogP contribution in [0.15, 0.2) is 48.5 Å². The predicted octanol–water partition coefficient (Wildman–Crippen LogP) is 3.60. The number of aromatic nitrogens is 1. The number of aliphatic hydroxyl groups is 1. The summed E-state index contributed by atoms with van der Waals surface area (Å²) in [7, 11) is 0. The lowest BCUT2D eigenvalue weighted by Crippen LogP contribution is -2.14. The molecule has 0 aliphatic carbocycles. The number of carbonyl (C=O) groups is 1. The SMILES string of the molecule is Cc1ccc2cc(C(=O)Nc3cccc(CO)c3)c(C)nc2c1. The topological polar surface area (TPSA) is 62.2 Å². The Labute approximate surface area is 134 Å². The van der Waals surface area contributed by atoms with Gasteiger partial charge < -0.3 is 10.4 Å². The van der Waals surface area contributed by atoms with Crippen LogP contribution in [0, 0.1) is 13.8 Å². The fraction of sp³-hybridized carbons (Fsp3) is 0.158. The zero-order valence-electron chi connectivity index (χ0n) is 13.1. The Kier molecular flexibility index (Phi) is 4.08. The first-order valence-electron chi connectivity index (χ1n) is 7.46. The second-order valence-corrected chi connectivity index (χ2v) is 5.63. The summed E-state index contributed by atoms with van der Waals surface area (Å²) in [5.41, 5.74) is 4.69. The highest BCUT2D eigenvalue weighted by Crippen LogP contribution is 2.19. The highest BCUT2D eigenvalue weighted by atomic mass is 16.3. The molecule has 0 saturated carbocycles. The Morgan fingerprint density at radius 3 is 2.74 bits per heavy atom. The molecule has 3 rings (SSSR count). The molecule has 0 unspecified atom stereocenters. The maximum Gasteiger partial charge on any atom is 0.257 e. The van der Waals surface area contributed by atoms with Crippen LogP contribution in [-0.4, -0.2) is 16.0 Å². The van der Waals surface area contributed by atoms with Crippen LogP contribution in [0.25, 0.3) is 10.9 Å². The molecular weight excluding hydrogens is 288 g/mol. The molecule has 116 valence electrons. The summed E-state index contributed by atoms with van der Waals surface area (Å²) >= 11 is 0.